The summed E-state index contributed by atoms with van der Waals surface area (Å²) in [4.78, 5) is 0. The second-order valence-corrected chi connectivity index (χ2v) is 10.6. The normalized spacial score (nSPS) is 15.6. The van der Waals surface area contributed by atoms with E-state index in [2.05, 4.69) is 91.8 Å². The molecule has 0 radical (unpaired) electrons. The molecule has 0 nitrogen and oxygen atoms in total. The fourth-order valence-electron chi connectivity index (χ4n) is 4.95. The molecular formula is C27H38. The van der Waals surface area contributed by atoms with Crippen molar-refractivity contribution in [2.45, 2.75) is 97.3 Å². The second kappa shape index (κ2) is 6.80. The quantitative estimate of drug-likeness (QED) is 0.514. The first-order valence-corrected chi connectivity index (χ1v) is 10.8. The van der Waals surface area contributed by atoms with Gasteiger partial charge in [-0.05, 0) is 57.1 Å². The van der Waals surface area contributed by atoms with E-state index >= 15 is 0 Å². The molecule has 1 aliphatic rings. The fourth-order valence-corrected chi connectivity index (χ4v) is 4.95. The van der Waals surface area contributed by atoms with Gasteiger partial charge >= 0.3 is 0 Å². The summed E-state index contributed by atoms with van der Waals surface area (Å²) in [5, 5.41) is 0. The molecule has 27 heavy (non-hydrogen) atoms. The summed E-state index contributed by atoms with van der Waals surface area (Å²) in [7, 11) is 0. The van der Waals surface area contributed by atoms with Gasteiger partial charge in [-0.15, -0.1) is 0 Å². The molecule has 0 amide bonds. The van der Waals surface area contributed by atoms with Crippen molar-refractivity contribution in [3.05, 3.63) is 58.7 Å². The Hall–Kier alpha value is -1.56. The van der Waals surface area contributed by atoms with Gasteiger partial charge in [-0.1, -0.05) is 105 Å². The van der Waals surface area contributed by atoms with E-state index in [1.165, 1.54) is 47.9 Å². The Labute approximate surface area is 167 Å². The topological polar surface area (TPSA) is 0 Å². The summed E-state index contributed by atoms with van der Waals surface area (Å²) in [6.07, 6.45) is 4.92. The first kappa shape index (κ1) is 20.2. The first-order valence-electron chi connectivity index (χ1n) is 10.8. The molecule has 146 valence electrons. The van der Waals surface area contributed by atoms with Crippen LogP contribution in [0.15, 0.2) is 36.4 Å². The van der Waals surface area contributed by atoms with Gasteiger partial charge in [-0.25, -0.2) is 0 Å². The maximum Gasteiger partial charge on any atom is 0.0215 e. The van der Waals surface area contributed by atoms with E-state index in [1.807, 2.05) is 0 Å². The van der Waals surface area contributed by atoms with Gasteiger partial charge in [0.1, 0.15) is 0 Å². The Kier molecular flexibility index (Phi) is 5.08. The molecule has 0 spiro atoms. The molecule has 2 aromatic carbocycles. The maximum atomic E-state index is 2.54. The van der Waals surface area contributed by atoms with Gasteiger partial charge in [0.15, 0.2) is 0 Å². The van der Waals surface area contributed by atoms with Crippen molar-refractivity contribution in [2.24, 2.45) is 0 Å². The molecule has 0 N–H and O–H groups in total. The Balaban J connectivity index is 2.31. The number of benzene rings is 2. The van der Waals surface area contributed by atoms with Gasteiger partial charge < -0.3 is 0 Å². The number of rotatable bonds is 4. The molecule has 0 aliphatic heterocycles. The minimum absolute atomic E-state index is 0.177. The molecule has 0 fully saturated rings. The Morgan fingerprint density at radius 2 is 1.00 bits per heavy atom. The number of hydrogen-bond donors (Lipinski definition) is 0. The lowest BCUT2D eigenvalue weighted by Crippen LogP contribution is -2.26. The highest BCUT2D eigenvalue weighted by atomic mass is 14.5. The average Bonchev–Trinajstić information content (AvgIpc) is 2.84. The predicted molar refractivity (Wildman–Crippen MR) is 120 cm³/mol. The third-order valence-corrected chi connectivity index (χ3v) is 6.45. The van der Waals surface area contributed by atoms with Crippen LogP contribution in [0, 0.1) is 0 Å². The van der Waals surface area contributed by atoms with E-state index in [4.69, 9.17) is 0 Å². The summed E-state index contributed by atoms with van der Waals surface area (Å²) in [6.45, 7) is 18.7. The van der Waals surface area contributed by atoms with Crippen LogP contribution < -0.4 is 0 Å². The minimum Gasteiger partial charge on any atom is -0.0653 e. The molecular weight excluding hydrogens is 324 g/mol. The van der Waals surface area contributed by atoms with Crippen LogP contribution in [0.4, 0.5) is 0 Å². The van der Waals surface area contributed by atoms with Crippen LogP contribution in [-0.4, -0.2) is 0 Å². The van der Waals surface area contributed by atoms with Crippen molar-refractivity contribution in [2.75, 3.05) is 0 Å². The summed E-state index contributed by atoms with van der Waals surface area (Å²) in [5.74, 6) is 0. The minimum atomic E-state index is 0.177. The molecule has 0 atom stereocenters. The summed E-state index contributed by atoms with van der Waals surface area (Å²) >= 11 is 0. The lowest BCUT2D eigenvalue weighted by Gasteiger charge is -2.34. The second-order valence-electron chi connectivity index (χ2n) is 10.6. The van der Waals surface area contributed by atoms with Crippen molar-refractivity contribution in [3.63, 3.8) is 0 Å². The van der Waals surface area contributed by atoms with E-state index < -0.39 is 0 Å². The molecule has 2 aromatic rings. The van der Waals surface area contributed by atoms with Crippen molar-refractivity contribution < 1.29 is 0 Å². The van der Waals surface area contributed by atoms with Crippen molar-refractivity contribution >= 4 is 0 Å². The van der Waals surface area contributed by atoms with Gasteiger partial charge in [-0.3, -0.25) is 0 Å². The largest absolute Gasteiger partial charge is 0.0653 e. The van der Waals surface area contributed by atoms with Crippen LogP contribution in [0.2, 0.25) is 0 Å². The monoisotopic (exact) mass is 362 g/mol. The van der Waals surface area contributed by atoms with E-state index in [0.29, 0.717) is 0 Å². The molecule has 1 aliphatic carbocycles. The smallest absolute Gasteiger partial charge is 0.0215 e. The van der Waals surface area contributed by atoms with Crippen LogP contribution in [-0.2, 0) is 16.2 Å². The van der Waals surface area contributed by atoms with Crippen LogP contribution in [0.1, 0.15) is 103 Å². The summed E-state index contributed by atoms with van der Waals surface area (Å²) in [6, 6.07) is 14.6. The highest BCUT2D eigenvalue weighted by Crippen LogP contribution is 2.55. The van der Waals surface area contributed by atoms with Crippen molar-refractivity contribution in [1.82, 2.24) is 0 Å². The van der Waals surface area contributed by atoms with E-state index in [0.717, 1.165) is 0 Å². The van der Waals surface area contributed by atoms with Gasteiger partial charge in [0.25, 0.3) is 0 Å². The van der Waals surface area contributed by atoms with Crippen molar-refractivity contribution in [1.29, 1.82) is 0 Å². The Morgan fingerprint density at radius 1 is 0.630 bits per heavy atom. The van der Waals surface area contributed by atoms with Crippen LogP contribution in [0.25, 0.3) is 11.1 Å². The first-order chi connectivity index (χ1) is 12.5. The zero-order chi connectivity index (χ0) is 20.0. The number of fused-ring (bicyclic) bond motifs is 3. The highest BCUT2D eigenvalue weighted by molar-refractivity contribution is 5.82. The third-order valence-electron chi connectivity index (χ3n) is 6.45. The van der Waals surface area contributed by atoms with Crippen LogP contribution >= 0.6 is 0 Å². The fraction of sp³-hybridized carbons (Fsp3) is 0.556. The van der Waals surface area contributed by atoms with Crippen LogP contribution in [0.3, 0.4) is 0 Å². The predicted octanol–water partition coefficient (Wildman–Crippen LogP) is 8.15. The summed E-state index contributed by atoms with van der Waals surface area (Å²) in [5.41, 5.74) is 9.58. The van der Waals surface area contributed by atoms with E-state index in [9.17, 15) is 0 Å². The molecule has 0 aromatic heterocycles. The Bertz CT molecular complexity index is 753. The standard InChI is InChI=1S/C27H38/c1-9-15-27(16-10-2)23-17-19(25(3,4)5)11-13-21(23)22-14-12-20(18-24(22)27)26(6,7)8/h11-14,17-18H,9-10,15-16H2,1-8H3. The lowest BCUT2D eigenvalue weighted by atomic mass is 9.69. The Morgan fingerprint density at radius 3 is 1.30 bits per heavy atom. The molecule has 0 saturated carbocycles. The molecule has 0 saturated heterocycles. The molecule has 3 rings (SSSR count). The molecule has 0 bridgehead atoms. The van der Waals surface area contributed by atoms with E-state index in [1.54, 1.807) is 11.1 Å². The summed E-state index contributed by atoms with van der Waals surface area (Å²) < 4.78 is 0. The SMILES string of the molecule is CCCC1(CCC)c2cc(C(C)(C)C)ccc2-c2ccc(C(C)(C)C)cc21. The molecule has 0 heterocycles. The van der Waals surface area contributed by atoms with Gasteiger partial charge in [0.2, 0.25) is 0 Å². The van der Waals surface area contributed by atoms with Gasteiger partial charge in [0, 0.05) is 5.41 Å². The van der Waals surface area contributed by atoms with E-state index in [-0.39, 0.29) is 16.2 Å². The van der Waals surface area contributed by atoms with Crippen molar-refractivity contribution in [3.8, 4) is 11.1 Å². The molecule has 0 heteroatoms. The highest BCUT2D eigenvalue weighted by Gasteiger charge is 2.42. The average molecular weight is 363 g/mol. The number of hydrogen-bond acceptors (Lipinski definition) is 0. The van der Waals surface area contributed by atoms with Crippen LogP contribution in [0.5, 0.6) is 0 Å². The van der Waals surface area contributed by atoms with Gasteiger partial charge in [-0.2, -0.15) is 0 Å². The lowest BCUT2D eigenvalue weighted by molar-refractivity contribution is 0.433. The van der Waals surface area contributed by atoms with Gasteiger partial charge in [0.05, 0.1) is 0 Å². The molecule has 0 unspecified atom stereocenters. The zero-order valence-corrected chi connectivity index (χ0v) is 18.8. The maximum absolute atomic E-state index is 2.54. The zero-order valence-electron chi connectivity index (χ0n) is 18.8. The third kappa shape index (κ3) is 3.37.